The van der Waals surface area contributed by atoms with E-state index in [1.54, 1.807) is 4.90 Å². The van der Waals surface area contributed by atoms with Crippen LogP contribution in [-0.4, -0.2) is 31.1 Å². The van der Waals surface area contributed by atoms with Gasteiger partial charge in [0.1, 0.15) is 0 Å². The zero-order valence-corrected chi connectivity index (χ0v) is 16.0. The number of carbonyl (C=O) groups is 1. The summed E-state index contributed by atoms with van der Waals surface area (Å²) < 4.78 is 11.4. The van der Waals surface area contributed by atoms with Gasteiger partial charge in [-0.25, -0.2) is 0 Å². The van der Waals surface area contributed by atoms with Crippen LogP contribution in [0.25, 0.3) is 0 Å². The minimum Gasteiger partial charge on any atom is -0.490 e. The third-order valence-corrected chi connectivity index (χ3v) is 5.11. The Morgan fingerprint density at radius 1 is 1.15 bits per heavy atom. The van der Waals surface area contributed by atoms with Gasteiger partial charge >= 0.3 is 0 Å². The van der Waals surface area contributed by atoms with E-state index in [9.17, 15) is 4.79 Å². The maximum atomic E-state index is 12.6. The Hall–Kier alpha value is -2.20. The highest BCUT2D eigenvalue weighted by molar-refractivity contribution is 6.31. The van der Waals surface area contributed by atoms with Crippen molar-refractivity contribution in [2.45, 2.75) is 32.2 Å². The van der Waals surface area contributed by atoms with Crippen molar-refractivity contribution in [2.24, 2.45) is 0 Å². The van der Waals surface area contributed by atoms with E-state index >= 15 is 0 Å². The van der Waals surface area contributed by atoms with Crippen molar-refractivity contribution < 1.29 is 14.3 Å². The van der Waals surface area contributed by atoms with Crippen molar-refractivity contribution in [1.82, 2.24) is 4.90 Å². The number of hydrogen-bond donors (Lipinski definition) is 0. The topological polar surface area (TPSA) is 38.8 Å². The van der Waals surface area contributed by atoms with Crippen LogP contribution in [0, 0.1) is 0 Å². The first-order valence-electron chi connectivity index (χ1n) is 8.95. The molecule has 0 N–H and O–H groups in total. The molecular formula is C21H24ClNO3. The second-order valence-corrected chi connectivity index (χ2v) is 6.94. The van der Waals surface area contributed by atoms with Crippen LogP contribution >= 0.6 is 11.6 Å². The molecule has 4 nitrogen and oxygen atoms in total. The smallest absolute Gasteiger partial charge is 0.223 e. The summed E-state index contributed by atoms with van der Waals surface area (Å²) in [4.78, 5) is 14.4. The molecule has 1 amide bonds. The van der Waals surface area contributed by atoms with Crippen LogP contribution in [-0.2, 0) is 11.2 Å². The molecule has 0 aliphatic carbocycles. The third-order valence-electron chi connectivity index (χ3n) is 4.77. The quantitative estimate of drug-likeness (QED) is 0.765. The number of aryl methyl sites for hydroxylation is 1. The Balaban J connectivity index is 1.61. The number of benzene rings is 2. The fourth-order valence-corrected chi connectivity index (χ4v) is 3.32. The molecule has 0 radical (unpaired) electrons. The van der Waals surface area contributed by atoms with Crippen LogP contribution in [0.4, 0.5) is 0 Å². The minimum atomic E-state index is -0.0695. The molecule has 0 bridgehead atoms. The maximum Gasteiger partial charge on any atom is 0.223 e. The van der Waals surface area contributed by atoms with E-state index < -0.39 is 0 Å². The van der Waals surface area contributed by atoms with Gasteiger partial charge in [0.25, 0.3) is 0 Å². The predicted octanol–water partition coefficient (Wildman–Crippen LogP) is 4.65. The van der Waals surface area contributed by atoms with Gasteiger partial charge in [0.15, 0.2) is 11.5 Å². The molecule has 138 valence electrons. The van der Waals surface area contributed by atoms with Gasteiger partial charge in [-0.3, -0.25) is 4.79 Å². The zero-order valence-electron chi connectivity index (χ0n) is 15.2. The Labute approximate surface area is 159 Å². The summed E-state index contributed by atoms with van der Waals surface area (Å²) in [6, 6.07) is 13.5. The lowest BCUT2D eigenvalue weighted by molar-refractivity contribution is -0.131. The fourth-order valence-electron chi connectivity index (χ4n) is 3.03. The molecule has 2 aromatic rings. The SMILES string of the molecule is CC(c1ccccc1Cl)N(C)C(=O)CCc1ccc2c(c1)OCCCO2. The molecule has 0 saturated heterocycles. The van der Waals surface area contributed by atoms with Crippen molar-refractivity contribution in [1.29, 1.82) is 0 Å². The number of ether oxygens (including phenoxy) is 2. The van der Waals surface area contributed by atoms with Gasteiger partial charge in [-0.05, 0) is 42.7 Å². The molecule has 2 aromatic carbocycles. The zero-order chi connectivity index (χ0) is 18.5. The molecule has 26 heavy (non-hydrogen) atoms. The summed E-state index contributed by atoms with van der Waals surface area (Å²) in [5.41, 5.74) is 2.03. The lowest BCUT2D eigenvalue weighted by atomic mass is 10.1. The van der Waals surface area contributed by atoms with Crippen LogP contribution in [0.5, 0.6) is 11.5 Å². The molecule has 0 fully saturated rings. The summed E-state index contributed by atoms with van der Waals surface area (Å²) in [5, 5.41) is 0.683. The first kappa shape index (κ1) is 18.6. The molecule has 1 aliphatic rings. The van der Waals surface area contributed by atoms with Crippen molar-refractivity contribution in [3.8, 4) is 11.5 Å². The van der Waals surface area contributed by atoms with Gasteiger partial charge in [-0.2, -0.15) is 0 Å². The minimum absolute atomic E-state index is 0.0695. The second kappa shape index (κ2) is 8.45. The second-order valence-electron chi connectivity index (χ2n) is 6.53. The summed E-state index contributed by atoms with van der Waals surface area (Å²) in [6.45, 7) is 3.33. The highest BCUT2D eigenvalue weighted by atomic mass is 35.5. The Kier molecular flexibility index (Phi) is 6.04. The van der Waals surface area contributed by atoms with Crippen LogP contribution < -0.4 is 9.47 Å². The number of hydrogen-bond acceptors (Lipinski definition) is 3. The van der Waals surface area contributed by atoms with Gasteiger partial charge in [0.2, 0.25) is 5.91 Å². The van der Waals surface area contributed by atoms with E-state index in [1.165, 1.54) is 0 Å². The third kappa shape index (κ3) is 4.31. The van der Waals surface area contributed by atoms with Crippen LogP contribution in [0.2, 0.25) is 5.02 Å². The van der Waals surface area contributed by atoms with E-state index in [1.807, 2.05) is 56.4 Å². The van der Waals surface area contributed by atoms with Crippen molar-refractivity contribution in [2.75, 3.05) is 20.3 Å². The molecule has 0 saturated carbocycles. The first-order chi connectivity index (χ1) is 12.6. The fraction of sp³-hybridized carbons (Fsp3) is 0.381. The van der Waals surface area contributed by atoms with Gasteiger partial charge in [0.05, 0.1) is 19.3 Å². The predicted molar refractivity (Wildman–Crippen MR) is 103 cm³/mol. The number of rotatable bonds is 5. The van der Waals surface area contributed by atoms with Gasteiger partial charge < -0.3 is 14.4 Å². The lowest BCUT2D eigenvalue weighted by Crippen LogP contribution is -2.30. The monoisotopic (exact) mass is 373 g/mol. The molecule has 1 unspecified atom stereocenters. The summed E-state index contributed by atoms with van der Waals surface area (Å²) in [6.07, 6.45) is 1.98. The molecule has 1 aliphatic heterocycles. The summed E-state index contributed by atoms with van der Waals surface area (Å²) in [7, 11) is 1.82. The van der Waals surface area contributed by atoms with Crippen molar-refractivity contribution in [3.63, 3.8) is 0 Å². The first-order valence-corrected chi connectivity index (χ1v) is 9.32. The summed E-state index contributed by atoms with van der Waals surface area (Å²) >= 11 is 6.26. The van der Waals surface area contributed by atoms with Gasteiger partial charge in [0, 0.05) is 24.9 Å². The Morgan fingerprint density at radius 2 is 1.88 bits per heavy atom. The molecule has 3 rings (SSSR count). The normalized spacial score (nSPS) is 14.4. The average Bonchev–Trinajstić information content (AvgIpc) is 2.90. The molecule has 1 heterocycles. The van der Waals surface area contributed by atoms with Crippen LogP contribution in [0.3, 0.4) is 0 Å². The molecule has 0 aromatic heterocycles. The summed E-state index contributed by atoms with van der Waals surface area (Å²) in [5.74, 6) is 1.64. The lowest BCUT2D eigenvalue weighted by Gasteiger charge is -2.26. The standard InChI is InChI=1S/C21H24ClNO3/c1-15(17-6-3-4-7-18(17)22)23(2)21(24)11-9-16-8-10-19-20(14-16)26-13-5-12-25-19/h3-4,6-8,10,14-15H,5,9,11-13H2,1-2H3. The molecule has 1 atom stereocenters. The van der Waals surface area contributed by atoms with Crippen molar-refractivity contribution >= 4 is 17.5 Å². The average molecular weight is 374 g/mol. The number of amides is 1. The van der Waals surface area contributed by atoms with E-state index in [2.05, 4.69) is 0 Å². The largest absolute Gasteiger partial charge is 0.490 e. The van der Waals surface area contributed by atoms with E-state index in [-0.39, 0.29) is 11.9 Å². The van der Waals surface area contributed by atoms with Crippen molar-refractivity contribution in [3.05, 3.63) is 58.6 Å². The van der Waals surface area contributed by atoms with E-state index in [4.69, 9.17) is 21.1 Å². The molecule has 5 heteroatoms. The number of halogens is 1. The van der Waals surface area contributed by atoms with Gasteiger partial charge in [-0.15, -0.1) is 0 Å². The molecular weight excluding hydrogens is 350 g/mol. The van der Waals surface area contributed by atoms with Crippen LogP contribution in [0.1, 0.15) is 36.9 Å². The number of nitrogens with zero attached hydrogens (tertiary/aromatic N) is 1. The van der Waals surface area contributed by atoms with E-state index in [0.29, 0.717) is 31.1 Å². The highest BCUT2D eigenvalue weighted by Gasteiger charge is 2.19. The Morgan fingerprint density at radius 3 is 2.65 bits per heavy atom. The van der Waals surface area contributed by atoms with E-state index in [0.717, 1.165) is 29.0 Å². The molecule has 0 spiro atoms. The number of carbonyl (C=O) groups excluding carboxylic acids is 1. The highest BCUT2D eigenvalue weighted by Crippen LogP contribution is 2.31. The number of fused-ring (bicyclic) bond motifs is 1. The van der Waals surface area contributed by atoms with Gasteiger partial charge in [-0.1, -0.05) is 35.9 Å². The van der Waals surface area contributed by atoms with Crippen LogP contribution in [0.15, 0.2) is 42.5 Å². The maximum absolute atomic E-state index is 12.6. The Bertz CT molecular complexity index is 778.